The highest BCUT2D eigenvalue weighted by molar-refractivity contribution is 5.32. The predicted molar refractivity (Wildman–Crippen MR) is 86.9 cm³/mol. The van der Waals surface area contributed by atoms with Gasteiger partial charge in [-0.3, -0.25) is 14.9 Å². The molecule has 2 fully saturated rings. The van der Waals surface area contributed by atoms with Gasteiger partial charge in [0.05, 0.1) is 24.4 Å². The third kappa shape index (κ3) is 3.33. The van der Waals surface area contributed by atoms with E-state index in [-0.39, 0.29) is 5.60 Å². The molecule has 2 aromatic rings. The first kappa shape index (κ1) is 14.5. The molecule has 2 saturated heterocycles. The van der Waals surface area contributed by atoms with E-state index in [4.69, 9.17) is 4.74 Å². The Morgan fingerprint density at radius 2 is 2.22 bits per heavy atom. The van der Waals surface area contributed by atoms with Gasteiger partial charge in [0.1, 0.15) is 5.82 Å². The summed E-state index contributed by atoms with van der Waals surface area (Å²) in [5, 5.41) is 3.43. The standard InChI is InChI=1S/C17H21N5O/c1-2-14(9-18-4-1)11-22-7-3-17(13-22)8-15(12-23-17)21-16-10-19-5-6-20-16/h1-2,4-6,9-10,15H,3,7-8,11-13H2,(H,20,21). The Labute approximate surface area is 135 Å². The highest BCUT2D eigenvalue weighted by Crippen LogP contribution is 2.36. The molecule has 120 valence electrons. The molecule has 0 amide bonds. The van der Waals surface area contributed by atoms with Crippen LogP contribution in [-0.2, 0) is 11.3 Å². The third-order valence-electron chi connectivity index (χ3n) is 4.65. The number of ether oxygens (including phenoxy) is 1. The summed E-state index contributed by atoms with van der Waals surface area (Å²) in [4.78, 5) is 15.0. The number of nitrogens with one attached hydrogen (secondary N) is 1. The van der Waals surface area contributed by atoms with E-state index in [0.29, 0.717) is 6.04 Å². The number of hydrogen-bond acceptors (Lipinski definition) is 6. The zero-order valence-corrected chi connectivity index (χ0v) is 13.1. The number of anilines is 1. The van der Waals surface area contributed by atoms with Crippen LogP contribution < -0.4 is 5.32 Å². The molecule has 6 heteroatoms. The summed E-state index contributed by atoms with van der Waals surface area (Å²) in [7, 11) is 0. The van der Waals surface area contributed by atoms with E-state index in [1.54, 1.807) is 18.6 Å². The average molecular weight is 311 g/mol. The zero-order chi connectivity index (χ0) is 15.5. The first-order valence-electron chi connectivity index (χ1n) is 8.09. The van der Waals surface area contributed by atoms with Crippen molar-refractivity contribution in [2.45, 2.75) is 31.0 Å². The molecule has 23 heavy (non-hydrogen) atoms. The summed E-state index contributed by atoms with van der Waals surface area (Å²) >= 11 is 0. The molecule has 2 aliphatic heterocycles. The maximum atomic E-state index is 6.19. The number of nitrogens with zero attached hydrogens (tertiary/aromatic N) is 4. The molecule has 2 atom stereocenters. The van der Waals surface area contributed by atoms with Gasteiger partial charge in [0.2, 0.25) is 0 Å². The summed E-state index contributed by atoms with van der Waals surface area (Å²) in [5.41, 5.74) is 1.25. The van der Waals surface area contributed by atoms with Gasteiger partial charge in [-0.05, 0) is 18.1 Å². The Morgan fingerprint density at radius 1 is 1.26 bits per heavy atom. The lowest BCUT2D eigenvalue weighted by Crippen LogP contribution is -2.33. The molecular weight excluding hydrogens is 290 g/mol. The first-order valence-corrected chi connectivity index (χ1v) is 8.09. The predicted octanol–water partition coefficient (Wildman–Crippen LogP) is 1.72. The number of hydrogen-bond donors (Lipinski definition) is 1. The van der Waals surface area contributed by atoms with Gasteiger partial charge in [0, 0.05) is 50.8 Å². The number of likely N-dealkylation sites (tertiary alicyclic amines) is 1. The van der Waals surface area contributed by atoms with E-state index in [2.05, 4.69) is 31.2 Å². The van der Waals surface area contributed by atoms with Crippen LogP contribution in [0.1, 0.15) is 18.4 Å². The topological polar surface area (TPSA) is 63.2 Å². The number of aromatic nitrogens is 3. The van der Waals surface area contributed by atoms with Gasteiger partial charge in [-0.1, -0.05) is 6.07 Å². The van der Waals surface area contributed by atoms with Crippen LogP contribution in [0.25, 0.3) is 0 Å². The maximum Gasteiger partial charge on any atom is 0.144 e. The van der Waals surface area contributed by atoms with Crippen molar-refractivity contribution in [1.29, 1.82) is 0 Å². The molecule has 2 aromatic heterocycles. The van der Waals surface area contributed by atoms with Gasteiger partial charge in [0.15, 0.2) is 0 Å². The van der Waals surface area contributed by atoms with Crippen LogP contribution in [0, 0.1) is 0 Å². The molecule has 0 aliphatic carbocycles. The Bertz CT molecular complexity index is 578. The zero-order valence-electron chi connectivity index (χ0n) is 13.1. The fraction of sp³-hybridized carbons (Fsp3) is 0.471. The van der Waals surface area contributed by atoms with Crippen LogP contribution in [0.2, 0.25) is 0 Å². The molecule has 4 heterocycles. The molecule has 1 spiro atoms. The lowest BCUT2D eigenvalue weighted by atomic mass is 9.97. The molecule has 0 aromatic carbocycles. The van der Waals surface area contributed by atoms with Crippen LogP contribution >= 0.6 is 0 Å². The molecule has 6 nitrogen and oxygen atoms in total. The van der Waals surface area contributed by atoms with Crippen molar-refractivity contribution in [2.24, 2.45) is 0 Å². The summed E-state index contributed by atoms with van der Waals surface area (Å²) in [6, 6.07) is 4.44. The Hall–Kier alpha value is -2.05. The molecule has 0 radical (unpaired) electrons. The molecule has 4 rings (SSSR count). The minimum Gasteiger partial charge on any atom is -0.371 e. The van der Waals surface area contributed by atoms with Crippen molar-refractivity contribution in [3.63, 3.8) is 0 Å². The SMILES string of the molecule is c1cncc(CN2CCC3(CC(Nc4cnccn4)CO3)C2)c1. The van der Waals surface area contributed by atoms with Crippen LogP contribution in [0.4, 0.5) is 5.82 Å². The smallest absolute Gasteiger partial charge is 0.144 e. The molecule has 2 unspecified atom stereocenters. The second kappa shape index (κ2) is 6.22. The van der Waals surface area contributed by atoms with Gasteiger partial charge < -0.3 is 10.1 Å². The van der Waals surface area contributed by atoms with Crippen LogP contribution in [0.5, 0.6) is 0 Å². The highest BCUT2D eigenvalue weighted by Gasteiger charge is 2.45. The minimum absolute atomic E-state index is 0.0118. The Morgan fingerprint density at radius 3 is 3.04 bits per heavy atom. The fourth-order valence-corrected chi connectivity index (χ4v) is 3.62. The second-order valence-electron chi connectivity index (χ2n) is 6.45. The van der Waals surface area contributed by atoms with E-state index in [0.717, 1.165) is 44.9 Å². The van der Waals surface area contributed by atoms with Crippen molar-refractivity contribution in [3.8, 4) is 0 Å². The van der Waals surface area contributed by atoms with Crippen LogP contribution in [0.15, 0.2) is 43.1 Å². The molecule has 0 saturated carbocycles. The van der Waals surface area contributed by atoms with Crippen LogP contribution in [0.3, 0.4) is 0 Å². The van der Waals surface area contributed by atoms with Crippen molar-refractivity contribution in [2.75, 3.05) is 25.0 Å². The van der Waals surface area contributed by atoms with Crippen molar-refractivity contribution in [3.05, 3.63) is 48.7 Å². The van der Waals surface area contributed by atoms with Gasteiger partial charge in [0.25, 0.3) is 0 Å². The second-order valence-corrected chi connectivity index (χ2v) is 6.45. The summed E-state index contributed by atoms with van der Waals surface area (Å²) in [6.45, 7) is 3.74. The van der Waals surface area contributed by atoms with E-state index >= 15 is 0 Å². The number of rotatable bonds is 4. The highest BCUT2D eigenvalue weighted by atomic mass is 16.5. The Balaban J connectivity index is 1.34. The summed E-state index contributed by atoms with van der Waals surface area (Å²) in [6.07, 6.45) is 11.0. The molecular formula is C17H21N5O. The fourth-order valence-electron chi connectivity index (χ4n) is 3.62. The minimum atomic E-state index is -0.0118. The third-order valence-corrected chi connectivity index (χ3v) is 4.65. The van der Waals surface area contributed by atoms with Gasteiger partial charge >= 0.3 is 0 Å². The van der Waals surface area contributed by atoms with Crippen molar-refractivity contribution < 1.29 is 4.74 Å². The van der Waals surface area contributed by atoms with E-state index in [1.165, 1.54) is 5.56 Å². The lowest BCUT2D eigenvalue weighted by Gasteiger charge is -2.23. The molecule has 1 N–H and O–H groups in total. The van der Waals surface area contributed by atoms with Gasteiger partial charge in [-0.2, -0.15) is 0 Å². The normalized spacial score (nSPS) is 27.6. The van der Waals surface area contributed by atoms with E-state index in [9.17, 15) is 0 Å². The van der Waals surface area contributed by atoms with Gasteiger partial charge in [-0.15, -0.1) is 0 Å². The first-order chi connectivity index (χ1) is 11.3. The van der Waals surface area contributed by atoms with E-state index < -0.39 is 0 Å². The van der Waals surface area contributed by atoms with E-state index in [1.807, 2.05) is 18.5 Å². The average Bonchev–Trinajstić information content (AvgIpc) is 3.16. The lowest BCUT2D eigenvalue weighted by molar-refractivity contribution is 0.0120. The molecule has 0 bridgehead atoms. The largest absolute Gasteiger partial charge is 0.371 e. The summed E-state index contributed by atoms with van der Waals surface area (Å²) in [5.74, 6) is 0.823. The van der Waals surface area contributed by atoms with Crippen molar-refractivity contribution >= 4 is 5.82 Å². The monoisotopic (exact) mass is 311 g/mol. The summed E-state index contributed by atoms with van der Waals surface area (Å²) < 4.78 is 6.19. The van der Waals surface area contributed by atoms with Crippen molar-refractivity contribution in [1.82, 2.24) is 19.9 Å². The van der Waals surface area contributed by atoms with Gasteiger partial charge in [-0.25, -0.2) is 4.98 Å². The van der Waals surface area contributed by atoms with Crippen LogP contribution in [-0.4, -0.2) is 51.2 Å². The maximum absolute atomic E-state index is 6.19. The Kier molecular flexibility index (Phi) is 3.93. The quantitative estimate of drug-likeness (QED) is 0.927. The molecule has 2 aliphatic rings. The number of pyridine rings is 1.